The summed E-state index contributed by atoms with van der Waals surface area (Å²) in [5, 5.41) is 10.0. The highest BCUT2D eigenvalue weighted by Gasteiger charge is 2.48. The first kappa shape index (κ1) is 15.0. The molecule has 0 bridgehead atoms. The van der Waals surface area contributed by atoms with Gasteiger partial charge in [0.05, 0.1) is 25.5 Å². The molecule has 4 rings (SSSR count). The number of nitrogens with one attached hydrogen (secondary N) is 1. The van der Waals surface area contributed by atoms with E-state index in [4.69, 9.17) is 33.3 Å². The lowest BCUT2D eigenvalue weighted by molar-refractivity contribution is -0.185. The van der Waals surface area contributed by atoms with Crippen LogP contribution in [-0.4, -0.2) is 38.5 Å². The number of halogens is 1. The van der Waals surface area contributed by atoms with Gasteiger partial charge in [0.2, 0.25) is 5.28 Å². The van der Waals surface area contributed by atoms with Gasteiger partial charge in [-0.15, -0.1) is 0 Å². The van der Waals surface area contributed by atoms with Gasteiger partial charge in [0.15, 0.2) is 16.2 Å². The van der Waals surface area contributed by atoms with Gasteiger partial charge >= 0.3 is 0 Å². The molecule has 1 N–H and O–H groups in total. The Kier molecular flexibility index (Phi) is 3.43. The highest BCUT2D eigenvalue weighted by atomic mass is 35.5. The molecule has 2 aromatic rings. The van der Waals surface area contributed by atoms with Crippen LogP contribution in [0.25, 0.3) is 11.2 Å². The number of nitrogens with zero attached hydrogens (tertiary/aromatic N) is 4. The molecule has 7 nitrogen and oxygen atoms in total. The van der Waals surface area contributed by atoms with Gasteiger partial charge < -0.3 is 14.5 Å². The molecule has 23 heavy (non-hydrogen) atoms. The predicted octanol–water partition coefficient (Wildman–Crippen LogP) is 2.68. The van der Waals surface area contributed by atoms with E-state index >= 15 is 0 Å². The molecule has 0 unspecified atom stereocenters. The smallest absolute Gasteiger partial charge is 0.224 e. The van der Waals surface area contributed by atoms with Gasteiger partial charge in [-0.1, -0.05) is 0 Å². The van der Waals surface area contributed by atoms with Crippen LogP contribution in [-0.2, 0) is 15.0 Å². The molecule has 2 aliphatic rings. The van der Waals surface area contributed by atoms with Crippen molar-refractivity contribution in [3.05, 3.63) is 16.3 Å². The van der Waals surface area contributed by atoms with Crippen LogP contribution in [0.2, 0.25) is 5.28 Å². The summed E-state index contributed by atoms with van der Waals surface area (Å²) < 4.78 is 13.7. The van der Waals surface area contributed by atoms with Crippen LogP contribution in [0.5, 0.6) is 0 Å². The summed E-state index contributed by atoms with van der Waals surface area (Å²) in [6.07, 6.45) is 4.02. The molecule has 1 aliphatic carbocycles. The largest absolute Gasteiger partial charge is 0.348 e. The fourth-order valence-electron chi connectivity index (χ4n) is 3.49. The lowest BCUT2D eigenvalue weighted by atomic mass is 9.79. The lowest BCUT2D eigenvalue weighted by Gasteiger charge is -2.40. The standard InChI is InChI=1S/C14H14ClN5O2S/c15-11-17-7-9-10(19-11)20(12(23)18-9)13(8-16)1-3-14(4-2-13)21-5-6-22-14/h7H,1-6H2,(H,18,23). The van der Waals surface area contributed by atoms with E-state index < -0.39 is 11.3 Å². The Morgan fingerprint density at radius 1 is 1.30 bits per heavy atom. The second-order valence-corrected chi connectivity index (χ2v) is 6.62. The van der Waals surface area contributed by atoms with E-state index in [1.54, 1.807) is 10.8 Å². The average molecular weight is 352 g/mol. The zero-order chi connectivity index (χ0) is 16.1. The first-order valence-electron chi connectivity index (χ1n) is 7.41. The topological polar surface area (TPSA) is 88.8 Å². The van der Waals surface area contributed by atoms with Crippen LogP contribution < -0.4 is 0 Å². The van der Waals surface area contributed by atoms with Gasteiger partial charge in [0.25, 0.3) is 0 Å². The number of aromatic amines is 1. The fraction of sp³-hybridized carbons (Fsp3) is 0.571. The molecule has 1 spiro atoms. The summed E-state index contributed by atoms with van der Waals surface area (Å²) in [6, 6.07) is 2.44. The molecule has 1 saturated carbocycles. The Balaban J connectivity index is 1.79. The van der Waals surface area contributed by atoms with E-state index in [-0.39, 0.29) is 5.28 Å². The highest BCUT2D eigenvalue weighted by Crippen LogP contribution is 2.44. The van der Waals surface area contributed by atoms with Crippen LogP contribution in [0.4, 0.5) is 0 Å². The van der Waals surface area contributed by atoms with Crippen molar-refractivity contribution in [3.8, 4) is 6.07 Å². The summed E-state index contributed by atoms with van der Waals surface area (Å²) in [5.41, 5.74) is 0.441. The number of fused-ring (bicyclic) bond motifs is 1. The number of ether oxygens (including phenoxy) is 2. The van der Waals surface area contributed by atoms with Gasteiger partial charge in [0, 0.05) is 12.8 Å². The number of H-pyrrole nitrogens is 1. The predicted molar refractivity (Wildman–Crippen MR) is 84.4 cm³/mol. The quantitative estimate of drug-likeness (QED) is 0.627. The van der Waals surface area contributed by atoms with Crippen LogP contribution in [0.3, 0.4) is 0 Å². The van der Waals surface area contributed by atoms with Crippen LogP contribution in [0.15, 0.2) is 6.20 Å². The molecule has 2 fully saturated rings. The van der Waals surface area contributed by atoms with Gasteiger partial charge in [-0.2, -0.15) is 10.2 Å². The minimum atomic E-state index is -0.784. The number of nitriles is 1. The van der Waals surface area contributed by atoms with Crippen LogP contribution >= 0.6 is 23.8 Å². The van der Waals surface area contributed by atoms with Crippen molar-refractivity contribution in [3.63, 3.8) is 0 Å². The maximum atomic E-state index is 9.91. The molecule has 0 radical (unpaired) electrons. The van der Waals surface area contributed by atoms with E-state index in [1.807, 2.05) is 0 Å². The highest BCUT2D eigenvalue weighted by molar-refractivity contribution is 7.71. The van der Waals surface area contributed by atoms with E-state index in [9.17, 15) is 5.26 Å². The minimum Gasteiger partial charge on any atom is -0.348 e. The molecule has 9 heteroatoms. The van der Waals surface area contributed by atoms with Crippen molar-refractivity contribution in [2.45, 2.75) is 37.0 Å². The molecule has 3 heterocycles. The number of aromatic nitrogens is 4. The van der Waals surface area contributed by atoms with Crippen molar-refractivity contribution >= 4 is 35.0 Å². The molecule has 1 aliphatic heterocycles. The average Bonchev–Trinajstić information content (AvgIpc) is 3.13. The van der Waals surface area contributed by atoms with Crippen molar-refractivity contribution in [2.75, 3.05) is 13.2 Å². The number of imidazole rings is 1. The zero-order valence-electron chi connectivity index (χ0n) is 12.2. The summed E-state index contributed by atoms with van der Waals surface area (Å²) in [6.45, 7) is 1.21. The second kappa shape index (κ2) is 5.24. The summed E-state index contributed by atoms with van der Waals surface area (Å²) in [5.74, 6) is -0.540. The van der Waals surface area contributed by atoms with Gasteiger partial charge in [-0.25, -0.2) is 4.98 Å². The maximum absolute atomic E-state index is 9.91. The number of hydrogen-bond donors (Lipinski definition) is 1. The minimum absolute atomic E-state index is 0.128. The maximum Gasteiger partial charge on any atom is 0.224 e. The Hall–Kier alpha value is -1.53. The second-order valence-electron chi connectivity index (χ2n) is 5.89. The third-order valence-electron chi connectivity index (χ3n) is 4.68. The van der Waals surface area contributed by atoms with Crippen molar-refractivity contribution in [1.29, 1.82) is 5.26 Å². The van der Waals surface area contributed by atoms with Gasteiger partial charge in [0.1, 0.15) is 11.1 Å². The number of rotatable bonds is 1. The Labute approximate surface area is 142 Å². The molecule has 0 amide bonds. The third kappa shape index (κ3) is 2.27. The lowest BCUT2D eigenvalue weighted by Crippen LogP contribution is -2.44. The van der Waals surface area contributed by atoms with Crippen molar-refractivity contribution in [1.82, 2.24) is 19.5 Å². The Morgan fingerprint density at radius 3 is 2.65 bits per heavy atom. The van der Waals surface area contributed by atoms with E-state index in [0.29, 0.717) is 54.8 Å². The summed E-state index contributed by atoms with van der Waals surface area (Å²) >= 11 is 11.3. The molecular formula is C14H14ClN5O2S. The zero-order valence-corrected chi connectivity index (χ0v) is 13.8. The molecule has 120 valence electrons. The number of hydrogen-bond acceptors (Lipinski definition) is 6. The van der Waals surface area contributed by atoms with Gasteiger partial charge in [-0.05, 0) is 36.7 Å². The summed E-state index contributed by atoms with van der Waals surface area (Å²) in [7, 11) is 0. The molecule has 0 atom stereocenters. The van der Waals surface area contributed by atoms with Crippen LogP contribution in [0, 0.1) is 16.1 Å². The Morgan fingerprint density at radius 2 is 2.00 bits per heavy atom. The van der Waals surface area contributed by atoms with Crippen molar-refractivity contribution in [2.24, 2.45) is 0 Å². The molecular weight excluding hydrogens is 338 g/mol. The normalized spacial score (nSPS) is 22.4. The van der Waals surface area contributed by atoms with E-state index in [2.05, 4.69) is 21.0 Å². The van der Waals surface area contributed by atoms with Crippen LogP contribution in [0.1, 0.15) is 25.7 Å². The first-order valence-corrected chi connectivity index (χ1v) is 8.19. The van der Waals surface area contributed by atoms with E-state index in [0.717, 1.165) is 0 Å². The monoisotopic (exact) mass is 351 g/mol. The molecule has 2 aromatic heterocycles. The van der Waals surface area contributed by atoms with E-state index in [1.165, 1.54) is 0 Å². The fourth-order valence-corrected chi connectivity index (χ4v) is 3.99. The molecule has 0 aromatic carbocycles. The third-order valence-corrected chi connectivity index (χ3v) is 5.15. The summed E-state index contributed by atoms with van der Waals surface area (Å²) in [4.78, 5) is 11.3. The Bertz CT molecular complexity index is 854. The molecule has 1 saturated heterocycles. The SMILES string of the molecule is N#CC1(n2c(=S)[nH]c3cnc(Cl)nc32)CCC2(CC1)OCCO2. The van der Waals surface area contributed by atoms with Gasteiger partial charge in [-0.3, -0.25) is 4.57 Å². The van der Waals surface area contributed by atoms with Crippen molar-refractivity contribution < 1.29 is 9.47 Å². The first-order chi connectivity index (χ1) is 11.1.